The Morgan fingerprint density at radius 2 is 2.04 bits per heavy atom. The van der Waals surface area contributed by atoms with E-state index < -0.39 is 27.5 Å². The van der Waals surface area contributed by atoms with Gasteiger partial charge in [-0.2, -0.15) is 9.65 Å². The number of nitrogens with one attached hydrogen (secondary N) is 1. The van der Waals surface area contributed by atoms with Crippen molar-refractivity contribution in [2.75, 3.05) is 7.05 Å². The van der Waals surface area contributed by atoms with Gasteiger partial charge < -0.3 is 5.32 Å². The lowest BCUT2D eigenvalue weighted by Gasteiger charge is -2.11. The molecule has 0 saturated heterocycles. The molecule has 0 aliphatic carbocycles. The van der Waals surface area contributed by atoms with Crippen molar-refractivity contribution in [3.63, 3.8) is 0 Å². The van der Waals surface area contributed by atoms with E-state index in [1.807, 2.05) is 6.07 Å². The number of nitrogens with zero attached hydrogens (tertiary/aromatic N) is 3. The zero-order valence-corrected chi connectivity index (χ0v) is 15.0. The first kappa shape index (κ1) is 18.7. The van der Waals surface area contributed by atoms with Crippen LogP contribution >= 0.6 is 0 Å². The second kappa shape index (κ2) is 7.26. The third-order valence-electron chi connectivity index (χ3n) is 3.88. The molecule has 3 aromatic rings. The van der Waals surface area contributed by atoms with E-state index in [2.05, 4.69) is 10.3 Å². The van der Waals surface area contributed by atoms with E-state index in [9.17, 15) is 17.2 Å². The third kappa shape index (κ3) is 3.32. The Morgan fingerprint density at radius 3 is 2.70 bits per heavy atom. The van der Waals surface area contributed by atoms with E-state index in [0.29, 0.717) is 3.97 Å². The zero-order chi connectivity index (χ0) is 19.6. The van der Waals surface area contributed by atoms with Gasteiger partial charge in [-0.15, -0.1) is 0 Å². The molecule has 0 aliphatic heterocycles. The average Bonchev–Trinajstić information content (AvgIpc) is 3.00. The van der Waals surface area contributed by atoms with Crippen LogP contribution in [0.3, 0.4) is 0 Å². The molecule has 138 valence electrons. The summed E-state index contributed by atoms with van der Waals surface area (Å²) in [6.07, 6.45) is 2.28. The van der Waals surface area contributed by atoms with Gasteiger partial charge in [0.2, 0.25) is 5.95 Å². The summed E-state index contributed by atoms with van der Waals surface area (Å²) >= 11 is 0. The standard InChI is InChI=1S/C18H14F2N4O2S/c1-22-10-13-11-24(17(16(13)19)15-6-3-7-23-18(15)20)27(25,26)14-5-2-4-12(8-14)9-21/h2-8,11,22H,10H2,1H3. The molecular formula is C18H14F2N4O2S. The molecule has 0 atom stereocenters. The Balaban J connectivity index is 2.30. The summed E-state index contributed by atoms with van der Waals surface area (Å²) in [6, 6.07) is 9.81. The van der Waals surface area contributed by atoms with Crippen LogP contribution in [0.15, 0.2) is 53.7 Å². The fourth-order valence-electron chi connectivity index (χ4n) is 2.65. The number of rotatable bonds is 5. The lowest BCUT2D eigenvalue weighted by molar-refractivity contribution is 0.575. The molecule has 27 heavy (non-hydrogen) atoms. The minimum Gasteiger partial charge on any atom is -0.316 e. The van der Waals surface area contributed by atoms with Crippen molar-refractivity contribution in [2.24, 2.45) is 0 Å². The van der Waals surface area contributed by atoms with Crippen molar-refractivity contribution in [2.45, 2.75) is 11.4 Å². The highest BCUT2D eigenvalue weighted by Gasteiger charge is 2.28. The highest BCUT2D eigenvalue weighted by molar-refractivity contribution is 7.90. The van der Waals surface area contributed by atoms with Crippen LogP contribution in [0.25, 0.3) is 11.3 Å². The van der Waals surface area contributed by atoms with Crippen LogP contribution < -0.4 is 5.32 Å². The van der Waals surface area contributed by atoms with Gasteiger partial charge in [0, 0.05) is 24.5 Å². The molecule has 1 N–H and O–H groups in total. The Kier molecular flexibility index (Phi) is 5.03. The minimum atomic E-state index is -4.28. The van der Waals surface area contributed by atoms with Crippen molar-refractivity contribution in [1.29, 1.82) is 5.26 Å². The first-order valence-corrected chi connectivity index (χ1v) is 9.25. The summed E-state index contributed by atoms with van der Waals surface area (Å²) in [7, 11) is -2.71. The number of hydrogen-bond acceptors (Lipinski definition) is 5. The van der Waals surface area contributed by atoms with Gasteiger partial charge in [0.1, 0.15) is 5.69 Å². The molecule has 2 aromatic heterocycles. The molecule has 9 heteroatoms. The Bertz CT molecular complexity index is 1150. The predicted octanol–water partition coefficient (Wildman–Crippen LogP) is 2.66. The van der Waals surface area contributed by atoms with E-state index >= 15 is 0 Å². The molecule has 1 aromatic carbocycles. The normalized spacial score (nSPS) is 11.3. The third-order valence-corrected chi connectivity index (χ3v) is 5.54. The van der Waals surface area contributed by atoms with Crippen molar-refractivity contribution in [3.8, 4) is 17.3 Å². The monoisotopic (exact) mass is 388 g/mol. The van der Waals surface area contributed by atoms with Gasteiger partial charge in [-0.3, -0.25) is 0 Å². The van der Waals surface area contributed by atoms with Gasteiger partial charge in [0.25, 0.3) is 10.0 Å². The predicted molar refractivity (Wildman–Crippen MR) is 94.1 cm³/mol. The second-order valence-corrected chi connectivity index (χ2v) is 7.44. The van der Waals surface area contributed by atoms with Crippen molar-refractivity contribution >= 4 is 10.0 Å². The van der Waals surface area contributed by atoms with E-state index in [4.69, 9.17) is 5.26 Å². The number of pyridine rings is 1. The Hall–Kier alpha value is -3.09. The average molecular weight is 388 g/mol. The Morgan fingerprint density at radius 1 is 1.26 bits per heavy atom. The molecule has 0 fully saturated rings. The first-order chi connectivity index (χ1) is 12.9. The molecule has 0 saturated carbocycles. The number of nitriles is 1. The van der Waals surface area contributed by atoms with Gasteiger partial charge in [0.15, 0.2) is 5.82 Å². The SMILES string of the molecule is CNCc1cn(S(=O)(=O)c2cccc(C#N)c2)c(-c2cccnc2F)c1F. The molecule has 0 bridgehead atoms. The van der Waals surface area contributed by atoms with Crippen LogP contribution in [-0.2, 0) is 16.6 Å². The maximum Gasteiger partial charge on any atom is 0.268 e. The van der Waals surface area contributed by atoms with Crippen molar-refractivity contribution < 1.29 is 17.2 Å². The van der Waals surface area contributed by atoms with Gasteiger partial charge >= 0.3 is 0 Å². The summed E-state index contributed by atoms with van der Waals surface area (Å²) in [5.41, 5.74) is -0.547. The van der Waals surface area contributed by atoms with E-state index in [1.54, 1.807) is 7.05 Å². The zero-order valence-electron chi connectivity index (χ0n) is 14.1. The summed E-state index contributed by atoms with van der Waals surface area (Å²) in [5, 5.41) is 11.7. The molecule has 0 unspecified atom stereocenters. The van der Waals surface area contributed by atoms with Crippen LogP contribution in [-0.4, -0.2) is 24.4 Å². The quantitative estimate of drug-likeness (QED) is 0.679. The summed E-state index contributed by atoms with van der Waals surface area (Å²) in [6.45, 7) is 0.0431. The van der Waals surface area contributed by atoms with E-state index in [-0.39, 0.29) is 28.1 Å². The van der Waals surface area contributed by atoms with Crippen LogP contribution in [0.2, 0.25) is 0 Å². The maximum atomic E-state index is 15.0. The Labute approximate surface area is 154 Å². The van der Waals surface area contributed by atoms with Gasteiger partial charge in [0.05, 0.1) is 22.1 Å². The lowest BCUT2D eigenvalue weighted by atomic mass is 10.2. The molecule has 2 heterocycles. The maximum absolute atomic E-state index is 15.0. The topological polar surface area (TPSA) is 87.8 Å². The largest absolute Gasteiger partial charge is 0.316 e. The molecule has 0 aliphatic rings. The van der Waals surface area contributed by atoms with E-state index in [0.717, 1.165) is 6.20 Å². The molecule has 0 radical (unpaired) electrons. The van der Waals surface area contributed by atoms with Gasteiger partial charge in [-0.05, 0) is 37.4 Å². The molecule has 0 spiro atoms. The van der Waals surface area contributed by atoms with Crippen LogP contribution in [0.5, 0.6) is 0 Å². The molecule has 3 rings (SSSR count). The highest BCUT2D eigenvalue weighted by Crippen LogP contribution is 2.32. The highest BCUT2D eigenvalue weighted by atomic mass is 32.2. The fraction of sp³-hybridized carbons (Fsp3) is 0.111. The fourth-order valence-corrected chi connectivity index (χ4v) is 4.09. The smallest absolute Gasteiger partial charge is 0.268 e. The van der Waals surface area contributed by atoms with Crippen LogP contribution in [0.4, 0.5) is 8.78 Å². The summed E-state index contributed by atoms with van der Waals surface area (Å²) in [5.74, 6) is -1.86. The molecular weight excluding hydrogens is 374 g/mol. The van der Waals surface area contributed by atoms with Crippen molar-refractivity contribution in [1.82, 2.24) is 14.3 Å². The van der Waals surface area contributed by atoms with Crippen LogP contribution in [0, 0.1) is 23.1 Å². The van der Waals surface area contributed by atoms with Crippen molar-refractivity contribution in [3.05, 3.63) is 71.7 Å². The lowest BCUT2D eigenvalue weighted by Crippen LogP contribution is -2.14. The first-order valence-electron chi connectivity index (χ1n) is 7.81. The number of hydrogen-bond donors (Lipinski definition) is 1. The van der Waals surface area contributed by atoms with Crippen LogP contribution in [0.1, 0.15) is 11.1 Å². The van der Waals surface area contributed by atoms with Gasteiger partial charge in [-0.25, -0.2) is 21.8 Å². The number of benzene rings is 1. The number of aromatic nitrogens is 2. The molecule has 0 amide bonds. The minimum absolute atomic E-state index is 0.0431. The van der Waals surface area contributed by atoms with Gasteiger partial charge in [-0.1, -0.05) is 6.07 Å². The molecule has 6 nitrogen and oxygen atoms in total. The summed E-state index contributed by atoms with van der Waals surface area (Å²) in [4.78, 5) is 3.26. The second-order valence-electron chi connectivity index (χ2n) is 5.63. The summed E-state index contributed by atoms with van der Waals surface area (Å²) < 4.78 is 56.0. The number of halogens is 2. The van der Waals surface area contributed by atoms with E-state index in [1.165, 1.54) is 42.6 Å².